The van der Waals surface area contributed by atoms with E-state index in [0.29, 0.717) is 16.7 Å². The molecule has 2 aliphatic heterocycles. The molecule has 6 aliphatic rings. The third-order valence-electron chi connectivity index (χ3n) is 8.52. The van der Waals surface area contributed by atoms with Gasteiger partial charge in [0.2, 0.25) is 0 Å². The van der Waals surface area contributed by atoms with Gasteiger partial charge in [-0.3, -0.25) is 0 Å². The Morgan fingerprint density at radius 1 is 0.846 bits per heavy atom. The van der Waals surface area contributed by atoms with Crippen molar-refractivity contribution in [3.8, 4) is 0 Å². The summed E-state index contributed by atoms with van der Waals surface area (Å²) >= 11 is 0. The van der Waals surface area contributed by atoms with Gasteiger partial charge in [0, 0.05) is 49.4 Å². The van der Waals surface area contributed by atoms with Crippen molar-refractivity contribution < 1.29 is 0 Å². The van der Waals surface area contributed by atoms with Crippen LogP contribution in [0.2, 0.25) is 0 Å². The summed E-state index contributed by atoms with van der Waals surface area (Å²) in [7, 11) is 0. The van der Waals surface area contributed by atoms with Crippen molar-refractivity contribution >= 4 is 0 Å². The lowest BCUT2D eigenvalue weighted by molar-refractivity contribution is 0.0254. The molecule has 0 spiro atoms. The summed E-state index contributed by atoms with van der Waals surface area (Å²) in [6.07, 6.45) is 12.4. The molecule has 26 heavy (non-hydrogen) atoms. The molecular weight excluding hydrogens is 316 g/mol. The average Bonchev–Trinajstić information content (AvgIpc) is 3.27. The first kappa shape index (κ1) is 17.2. The number of hydrogen-bond donors (Lipinski definition) is 0. The Morgan fingerprint density at radius 2 is 1.46 bits per heavy atom. The van der Waals surface area contributed by atoms with Gasteiger partial charge in [-0.15, -0.1) is 0 Å². The van der Waals surface area contributed by atoms with E-state index in [0.717, 1.165) is 11.8 Å². The van der Waals surface area contributed by atoms with Gasteiger partial charge < -0.3 is 9.80 Å². The highest BCUT2D eigenvalue weighted by atomic mass is 15.2. The van der Waals surface area contributed by atoms with Crippen LogP contribution in [0.5, 0.6) is 0 Å². The molecule has 144 valence electrons. The van der Waals surface area contributed by atoms with Crippen LogP contribution in [-0.2, 0) is 0 Å². The third-order valence-corrected chi connectivity index (χ3v) is 8.52. The van der Waals surface area contributed by atoms with Gasteiger partial charge in [0.1, 0.15) is 0 Å². The van der Waals surface area contributed by atoms with Gasteiger partial charge in [-0.25, -0.2) is 0 Å². The molecule has 2 heterocycles. The molecule has 1 saturated carbocycles. The second-order valence-electron chi connectivity index (χ2n) is 11.1. The van der Waals surface area contributed by atoms with Gasteiger partial charge in [0.15, 0.2) is 0 Å². The minimum Gasteiger partial charge on any atom is -0.375 e. The van der Waals surface area contributed by atoms with Crippen molar-refractivity contribution in [2.24, 2.45) is 28.6 Å². The van der Waals surface area contributed by atoms with Crippen molar-refractivity contribution in [1.29, 1.82) is 0 Å². The molecule has 6 rings (SSSR count). The minimum absolute atomic E-state index is 0.429. The van der Waals surface area contributed by atoms with Crippen molar-refractivity contribution in [3.63, 3.8) is 0 Å². The Labute approximate surface area is 160 Å². The lowest BCUT2D eigenvalue weighted by Crippen LogP contribution is -2.53. The first-order valence-corrected chi connectivity index (χ1v) is 11.3. The highest BCUT2D eigenvalue weighted by Crippen LogP contribution is 2.65. The Hall–Kier alpha value is -0.920. The van der Waals surface area contributed by atoms with Crippen LogP contribution in [0.15, 0.2) is 23.0 Å². The van der Waals surface area contributed by atoms with Gasteiger partial charge >= 0.3 is 0 Å². The SMILES string of the molecule is CC1(C)CC2C(N3CCCC3)=CC1C1=C(N3CCCC3)CCC(C)(C)C12. The molecular formula is C24H38N2. The summed E-state index contributed by atoms with van der Waals surface area (Å²) in [5.41, 5.74) is 6.30. The maximum absolute atomic E-state index is 2.79. The molecule has 0 amide bonds. The van der Waals surface area contributed by atoms with E-state index in [2.05, 4.69) is 43.6 Å². The summed E-state index contributed by atoms with van der Waals surface area (Å²) in [5, 5.41) is 0. The quantitative estimate of drug-likeness (QED) is 0.652. The molecule has 0 radical (unpaired) electrons. The summed E-state index contributed by atoms with van der Waals surface area (Å²) in [6, 6.07) is 0. The summed E-state index contributed by atoms with van der Waals surface area (Å²) in [6.45, 7) is 15.5. The number of rotatable bonds is 2. The van der Waals surface area contributed by atoms with Crippen LogP contribution in [0.1, 0.15) is 72.6 Å². The second kappa shape index (κ2) is 5.79. The smallest absolute Gasteiger partial charge is 0.0175 e. The van der Waals surface area contributed by atoms with Crippen molar-refractivity contribution in [2.45, 2.75) is 72.6 Å². The largest absolute Gasteiger partial charge is 0.375 e. The zero-order chi connectivity index (χ0) is 18.1. The predicted molar refractivity (Wildman–Crippen MR) is 109 cm³/mol. The summed E-state index contributed by atoms with van der Waals surface area (Å²) in [4.78, 5) is 5.56. The van der Waals surface area contributed by atoms with E-state index in [1.165, 1.54) is 71.1 Å². The van der Waals surface area contributed by atoms with Gasteiger partial charge in [-0.05, 0) is 67.3 Å². The van der Waals surface area contributed by atoms with Crippen LogP contribution in [0.3, 0.4) is 0 Å². The lowest BCUT2D eigenvalue weighted by Gasteiger charge is -2.60. The van der Waals surface area contributed by atoms with Gasteiger partial charge in [0.05, 0.1) is 0 Å². The molecule has 2 heteroatoms. The fourth-order valence-corrected chi connectivity index (χ4v) is 7.24. The predicted octanol–water partition coefficient (Wildman–Crippen LogP) is 5.43. The number of fused-ring (bicyclic) bond motifs is 1. The third kappa shape index (κ3) is 2.43. The number of allylic oxidation sites excluding steroid dienone is 4. The topological polar surface area (TPSA) is 6.48 Å². The van der Waals surface area contributed by atoms with E-state index in [-0.39, 0.29) is 0 Å². The molecule has 2 saturated heterocycles. The number of hydrogen-bond acceptors (Lipinski definition) is 2. The van der Waals surface area contributed by atoms with Crippen molar-refractivity contribution in [1.82, 2.24) is 9.80 Å². The molecule has 3 atom stereocenters. The van der Waals surface area contributed by atoms with Crippen molar-refractivity contribution in [3.05, 3.63) is 23.0 Å². The Morgan fingerprint density at radius 3 is 2.12 bits per heavy atom. The minimum atomic E-state index is 0.429. The Kier molecular flexibility index (Phi) is 3.83. The zero-order valence-corrected chi connectivity index (χ0v) is 17.5. The highest BCUT2D eigenvalue weighted by Gasteiger charge is 2.57. The molecule has 3 unspecified atom stereocenters. The molecule has 0 aromatic heterocycles. The molecule has 2 bridgehead atoms. The maximum atomic E-state index is 2.79. The van der Waals surface area contributed by atoms with Crippen LogP contribution < -0.4 is 0 Å². The number of likely N-dealkylation sites (tertiary alicyclic amines) is 2. The van der Waals surface area contributed by atoms with E-state index in [1.807, 2.05) is 5.57 Å². The second-order valence-corrected chi connectivity index (χ2v) is 11.1. The first-order chi connectivity index (χ1) is 12.4. The zero-order valence-electron chi connectivity index (χ0n) is 17.5. The fourth-order valence-electron chi connectivity index (χ4n) is 7.24. The summed E-state index contributed by atoms with van der Waals surface area (Å²) < 4.78 is 0. The molecule has 2 nitrogen and oxygen atoms in total. The molecule has 3 fully saturated rings. The van der Waals surface area contributed by atoms with Crippen LogP contribution in [0, 0.1) is 28.6 Å². The number of nitrogens with zero attached hydrogens (tertiary/aromatic N) is 2. The molecule has 0 N–H and O–H groups in total. The van der Waals surface area contributed by atoms with E-state index < -0.39 is 0 Å². The highest BCUT2D eigenvalue weighted by molar-refractivity contribution is 5.41. The van der Waals surface area contributed by atoms with E-state index in [1.54, 1.807) is 11.4 Å². The van der Waals surface area contributed by atoms with Crippen LogP contribution in [0.25, 0.3) is 0 Å². The standard InChI is InChI=1S/C24H38N2/c1-23(2)10-9-19(25-11-5-6-12-25)21-18-15-20(26-13-7-8-14-26)17(22(21)23)16-24(18,3)4/h15,17-18,22H,5-14,16H2,1-4H3. The van der Waals surface area contributed by atoms with E-state index in [4.69, 9.17) is 0 Å². The monoisotopic (exact) mass is 354 g/mol. The van der Waals surface area contributed by atoms with Crippen molar-refractivity contribution in [2.75, 3.05) is 26.2 Å². The molecule has 4 aliphatic carbocycles. The molecule has 0 aromatic carbocycles. The average molecular weight is 355 g/mol. The Bertz CT molecular complexity index is 641. The molecule has 0 aromatic rings. The van der Waals surface area contributed by atoms with Gasteiger partial charge in [-0.2, -0.15) is 0 Å². The van der Waals surface area contributed by atoms with Crippen LogP contribution in [0.4, 0.5) is 0 Å². The maximum Gasteiger partial charge on any atom is 0.0175 e. The summed E-state index contributed by atoms with van der Waals surface area (Å²) in [5.74, 6) is 2.21. The van der Waals surface area contributed by atoms with Gasteiger partial charge in [0.25, 0.3) is 0 Å². The van der Waals surface area contributed by atoms with Crippen LogP contribution >= 0.6 is 0 Å². The Balaban J connectivity index is 1.65. The fraction of sp³-hybridized carbons (Fsp3) is 0.833. The van der Waals surface area contributed by atoms with Gasteiger partial charge in [-0.1, -0.05) is 33.8 Å². The van der Waals surface area contributed by atoms with Crippen LogP contribution in [-0.4, -0.2) is 36.0 Å². The normalized spacial score (nSPS) is 38.0. The first-order valence-electron chi connectivity index (χ1n) is 11.3. The van der Waals surface area contributed by atoms with E-state index in [9.17, 15) is 0 Å². The van der Waals surface area contributed by atoms with E-state index >= 15 is 0 Å². The lowest BCUT2D eigenvalue weighted by atomic mass is 9.46.